The van der Waals surface area contributed by atoms with Crippen molar-refractivity contribution in [2.24, 2.45) is 21.6 Å². The summed E-state index contributed by atoms with van der Waals surface area (Å²) in [5, 5.41) is 29.0. The Kier molecular flexibility index (Phi) is 16.7. The van der Waals surface area contributed by atoms with Crippen LogP contribution in [0.4, 0.5) is 0 Å². The third kappa shape index (κ3) is 10.3. The number of esters is 1. The smallest absolute Gasteiger partial charge is 0.317 e. The van der Waals surface area contributed by atoms with Gasteiger partial charge in [0.15, 0.2) is 17.3 Å². The number of Topliss-reactive ketones (excluding diaryl/α,β-unsaturated/α-hetero) is 3. The molecule has 0 aromatic heterocycles. The summed E-state index contributed by atoms with van der Waals surface area (Å²) in [5.41, 5.74) is 5.22. The average molecular weight is 723 g/mol. The van der Waals surface area contributed by atoms with Crippen molar-refractivity contribution < 1.29 is 43.8 Å². The van der Waals surface area contributed by atoms with Crippen molar-refractivity contribution >= 4 is 34.7 Å². The van der Waals surface area contributed by atoms with Gasteiger partial charge in [-0.15, -0.1) is 0 Å². The van der Waals surface area contributed by atoms with E-state index in [4.69, 9.17) is 14.4 Å². The molecule has 1 aromatic rings. The van der Waals surface area contributed by atoms with Gasteiger partial charge >= 0.3 is 5.97 Å². The predicted octanol–water partition coefficient (Wildman–Crippen LogP) is 8.60. The van der Waals surface area contributed by atoms with Gasteiger partial charge in [0.2, 0.25) is 0 Å². The minimum absolute atomic E-state index is 0.0606. The fraction of sp³-hybridized carbons (Fsp3) is 0.561. The number of aliphatic hydroxyl groups is 2. The van der Waals surface area contributed by atoms with Crippen molar-refractivity contribution in [1.29, 1.82) is 0 Å². The summed E-state index contributed by atoms with van der Waals surface area (Å²) >= 11 is 0. The molecule has 2 aliphatic rings. The van der Waals surface area contributed by atoms with Gasteiger partial charge in [-0.2, -0.15) is 0 Å². The molecule has 0 radical (unpaired) electrons. The molecule has 3 rings (SSSR count). The number of ether oxygens (including phenoxy) is 1. The molecule has 0 heterocycles. The van der Waals surface area contributed by atoms with E-state index in [1.54, 1.807) is 13.8 Å². The summed E-state index contributed by atoms with van der Waals surface area (Å²) < 4.78 is 4.77. The average Bonchev–Trinajstić information content (AvgIpc) is 3.05. The molecular formula is C41H58N2O9. The normalized spacial score (nSPS) is 19.2. The molecule has 0 fully saturated rings. The van der Waals surface area contributed by atoms with Gasteiger partial charge in [-0.05, 0) is 80.5 Å². The monoisotopic (exact) mass is 722 g/mol. The van der Waals surface area contributed by atoms with Crippen molar-refractivity contribution in [3.8, 4) is 0 Å². The van der Waals surface area contributed by atoms with E-state index in [-0.39, 0.29) is 54.0 Å². The maximum atomic E-state index is 12.9. The second-order valence-electron chi connectivity index (χ2n) is 13.9. The topological polar surface area (TPSA) is 161 Å². The fourth-order valence-corrected chi connectivity index (χ4v) is 7.20. The number of carbonyl (C=O) groups is 4. The quantitative estimate of drug-likeness (QED) is 0.0343. The standard InChI is InChI=1S/C24H33NO4.C17H25NO5/c1-7-10-19(26)23-15(5)11-14(4)22(16(23)6)17-12-20(27)24(21(28)13-17)18(8-2)25-29-9-3;1-6-8-11(18-23-9-7-2)13-12(19)10-17(3,4)14(15(13)20)16(21)22-5/h11,17,27H,7-10,12-13H2,1-6H3;7,14,19H,2,6,8-10H2,1,3-5H3/b25-18+;18-11+. The van der Waals surface area contributed by atoms with E-state index in [0.29, 0.717) is 55.7 Å². The lowest BCUT2D eigenvalue weighted by molar-refractivity contribution is -0.154. The second-order valence-corrected chi connectivity index (χ2v) is 13.9. The predicted molar refractivity (Wildman–Crippen MR) is 203 cm³/mol. The van der Waals surface area contributed by atoms with Crippen LogP contribution in [0.2, 0.25) is 0 Å². The molecule has 1 aromatic carbocycles. The number of oxime groups is 2. The maximum Gasteiger partial charge on any atom is 0.317 e. The summed E-state index contributed by atoms with van der Waals surface area (Å²) in [6, 6.07) is 2.03. The number of ketones is 3. The summed E-state index contributed by atoms with van der Waals surface area (Å²) in [6.45, 7) is 21.2. The molecule has 0 saturated heterocycles. The van der Waals surface area contributed by atoms with Crippen LogP contribution in [0.1, 0.15) is 131 Å². The number of allylic oxidation sites excluding steroid dienone is 4. The zero-order valence-electron chi connectivity index (χ0n) is 32.7. The van der Waals surface area contributed by atoms with Crippen LogP contribution in [0.3, 0.4) is 0 Å². The molecule has 11 nitrogen and oxygen atoms in total. The molecule has 0 spiro atoms. The van der Waals surface area contributed by atoms with E-state index in [2.05, 4.69) is 16.9 Å². The van der Waals surface area contributed by atoms with Gasteiger partial charge in [0.25, 0.3) is 0 Å². The third-order valence-electron chi connectivity index (χ3n) is 9.34. The van der Waals surface area contributed by atoms with Crippen LogP contribution in [0.25, 0.3) is 0 Å². The van der Waals surface area contributed by atoms with Gasteiger partial charge in [-0.3, -0.25) is 19.2 Å². The lowest BCUT2D eigenvalue weighted by Gasteiger charge is -2.36. The maximum absolute atomic E-state index is 12.9. The number of methoxy groups -OCH3 is 1. The number of aliphatic hydroxyl groups excluding tert-OH is 2. The highest BCUT2D eigenvalue weighted by Gasteiger charge is 2.49. The minimum atomic E-state index is -0.972. The Morgan fingerprint density at radius 3 is 2.10 bits per heavy atom. The van der Waals surface area contributed by atoms with Crippen molar-refractivity contribution in [2.75, 3.05) is 20.3 Å². The van der Waals surface area contributed by atoms with Gasteiger partial charge in [-0.25, -0.2) is 0 Å². The van der Waals surface area contributed by atoms with Crippen LogP contribution in [-0.4, -0.2) is 65.3 Å². The molecule has 0 amide bonds. The first-order valence-electron chi connectivity index (χ1n) is 18.2. The molecule has 2 N–H and O–H groups in total. The summed E-state index contributed by atoms with van der Waals surface area (Å²) in [6.07, 6.45) is 5.36. The highest BCUT2D eigenvalue weighted by atomic mass is 16.6. The van der Waals surface area contributed by atoms with Gasteiger partial charge in [0.1, 0.15) is 30.6 Å². The summed E-state index contributed by atoms with van der Waals surface area (Å²) in [4.78, 5) is 60.7. The Balaban J connectivity index is 0.000000371. The van der Waals surface area contributed by atoms with Crippen LogP contribution >= 0.6 is 0 Å². The third-order valence-corrected chi connectivity index (χ3v) is 9.34. The lowest BCUT2D eigenvalue weighted by Crippen LogP contribution is -2.44. The molecule has 0 saturated carbocycles. The Morgan fingerprint density at radius 1 is 0.923 bits per heavy atom. The summed E-state index contributed by atoms with van der Waals surface area (Å²) in [5.74, 6) is -2.18. The van der Waals surface area contributed by atoms with Gasteiger partial charge < -0.3 is 24.6 Å². The minimum Gasteiger partial charge on any atom is -0.511 e. The van der Waals surface area contributed by atoms with Crippen molar-refractivity contribution in [1.82, 2.24) is 0 Å². The van der Waals surface area contributed by atoms with Crippen LogP contribution in [-0.2, 0) is 28.8 Å². The Morgan fingerprint density at radius 2 is 1.56 bits per heavy atom. The number of benzene rings is 1. The molecule has 0 aliphatic heterocycles. The van der Waals surface area contributed by atoms with Gasteiger partial charge in [0, 0.05) is 31.2 Å². The number of nitrogens with zero attached hydrogens (tertiary/aromatic N) is 2. The van der Waals surface area contributed by atoms with E-state index in [0.717, 1.165) is 34.2 Å². The Hall–Kier alpha value is -4.54. The molecule has 2 aliphatic carbocycles. The van der Waals surface area contributed by atoms with Crippen LogP contribution in [0.15, 0.2) is 51.7 Å². The summed E-state index contributed by atoms with van der Waals surface area (Å²) in [7, 11) is 1.25. The van der Waals surface area contributed by atoms with Crippen LogP contribution in [0.5, 0.6) is 0 Å². The van der Waals surface area contributed by atoms with E-state index in [1.165, 1.54) is 13.2 Å². The molecular weight excluding hydrogens is 664 g/mol. The van der Waals surface area contributed by atoms with Crippen LogP contribution in [0, 0.1) is 32.1 Å². The fourth-order valence-electron chi connectivity index (χ4n) is 7.20. The second kappa shape index (κ2) is 19.9. The largest absolute Gasteiger partial charge is 0.511 e. The number of hydrogen-bond donors (Lipinski definition) is 2. The number of rotatable bonds is 15. The van der Waals surface area contributed by atoms with Gasteiger partial charge in [0.05, 0.1) is 29.7 Å². The molecule has 11 heteroatoms. The highest BCUT2D eigenvalue weighted by Crippen LogP contribution is 2.42. The van der Waals surface area contributed by atoms with Crippen molar-refractivity contribution in [3.05, 3.63) is 69.2 Å². The first-order chi connectivity index (χ1) is 24.6. The molecule has 2 unspecified atom stereocenters. The van der Waals surface area contributed by atoms with Crippen molar-refractivity contribution in [3.63, 3.8) is 0 Å². The van der Waals surface area contributed by atoms with E-state index >= 15 is 0 Å². The molecule has 286 valence electrons. The SMILES string of the molecule is C=CCO/N=C(\CCC)C1=C(O)CC(C)(C)C(C(=O)OC)C1=O.CCCC(=O)c1c(C)cc(C)c(C2CC(=O)C(/C(CC)=N/OCC)=C(O)C2)c1C. The zero-order valence-corrected chi connectivity index (χ0v) is 32.7. The molecule has 2 atom stereocenters. The number of hydrogen-bond acceptors (Lipinski definition) is 11. The molecule has 0 bridgehead atoms. The van der Waals surface area contributed by atoms with E-state index in [9.17, 15) is 29.4 Å². The zero-order chi connectivity index (χ0) is 39.3. The Bertz CT molecular complexity index is 1650. The van der Waals surface area contributed by atoms with Gasteiger partial charge in [-0.1, -0.05) is 70.1 Å². The highest BCUT2D eigenvalue weighted by molar-refractivity contribution is 6.27. The van der Waals surface area contributed by atoms with Crippen LogP contribution < -0.4 is 0 Å². The first kappa shape index (κ1) is 43.6. The molecule has 52 heavy (non-hydrogen) atoms. The first-order valence-corrected chi connectivity index (χ1v) is 18.2. The lowest BCUT2D eigenvalue weighted by atomic mass is 9.67. The number of aryl methyl sites for hydroxylation is 2. The van der Waals surface area contributed by atoms with E-state index in [1.807, 2.05) is 54.5 Å². The van der Waals surface area contributed by atoms with E-state index < -0.39 is 23.1 Å². The number of carbonyl (C=O) groups excluding carboxylic acids is 4. The van der Waals surface area contributed by atoms with Crippen molar-refractivity contribution in [2.45, 2.75) is 120 Å². The Labute approximate surface area is 308 Å².